The second-order valence-corrected chi connectivity index (χ2v) is 9.08. The second kappa shape index (κ2) is 9.46. The summed E-state index contributed by atoms with van der Waals surface area (Å²) in [6.45, 7) is 0.259. The molecular formula is C29H22F3N5O2. The zero-order valence-corrected chi connectivity index (χ0v) is 20.7. The van der Waals surface area contributed by atoms with Crippen molar-refractivity contribution < 1.29 is 22.7 Å². The van der Waals surface area contributed by atoms with Crippen molar-refractivity contribution >= 4 is 33.2 Å². The Balaban J connectivity index is 1.34. The standard InChI is InChI=1S/C29H22F3N5O2/c1-39-19-9-10-24-22(13-19)18(15-34-24)11-12-33-28(38)23-16-35-37-26(29(30,31)32)14-25(36-27(23)37)21-8-4-6-17-5-2-3-7-20(17)21/h2-10,13-16,34H,11-12H2,1H3,(H,33,38). The van der Waals surface area contributed by atoms with E-state index in [0.29, 0.717) is 22.2 Å². The molecule has 10 heteroatoms. The number of ether oxygens (including phenoxy) is 1. The molecule has 2 N–H and O–H groups in total. The van der Waals surface area contributed by atoms with Crippen LogP contribution >= 0.6 is 0 Å². The Hall–Kier alpha value is -4.86. The smallest absolute Gasteiger partial charge is 0.433 e. The van der Waals surface area contributed by atoms with E-state index in [9.17, 15) is 18.0 Å². The van der Waals surface area contributed by atoms with E-state index < -0.39 is 17.8 Å². The minimum atomic E-state index is -4.71. The molecule has 1 amide bonds. The van der Waals surface area contributed by atoms with Crippen molar-refractivity contribution in [2.24, 2.45) is 0 Å². The van der Waals surface area contributed by atoms with Gasteiger partial charge in [-0.25, -0.2) is 9.50 Å². The first-order valence-corrected chi connectivity index (χ1v) is 12.2. The molecule has 196 valence electrons. The van der Waals surface area contributed by atoms with E-state index >= 15 is 0 Å². The van der Waals surface area contributed by atoms with Crippen LogP contribution in [-0.2, 0) is 12.6 Å². The molecule has 6 rings (SSSR count). The van der Waals surface area contributed by atoms with Crippen molar-refractivity contribution in [3.05, 3.63) is 95.9 Å². The van der Waals surface area contributed by atoms with E-state index in [0.717, 1.165) is 39.5 Å². The maximum atomic E-state index is 14.1. The Morgan fingerprint density at radius 2 is 1.87 bits per heavy atom. The van der Waals surface area contributed by atoms with Gasteiger partial charge in [-0.1, -0.05) is 42.5 Å². The van der Waals surface area contributed by atoms with Crippen molar-refractivity contribution in [3.8, 4) is 17.0 Å². The predicted molar refractivity (Wildman–Crippen MR) is 142 cm³/mol. The zero-order valence-electron chi connectivity index (χ0n) is 20.7. The maximum absolute atomic E-state index is 14.1. The first-order valence-electron chi connectivity index (χ1n) is 12.2. The van der Waals surface area contributed by atoms with Crippen LogP contribution in [0.15, 0.2) is 79.1 Å². The van der Waals surface area contributed by atoms with Gasteiger partial charge < -0.3 is 15.0 Å². The molecular weight excluding hydrogens is 507 g/mol. The number of alkyl halides is 3. The number of nitrogens with one attached hydrogen (secondary N) is 2. The van der Waals surface area contributed by atoms with Crippen LogP contribution in [-0.4, -0.2) is 39.1 Å². The number of aromatic nitrogens is 4. The topological polar surface area (TPSA) is 84.3 Å². The van der Waals surface area contributed by atoms with Gasteiger partial charge >= 0.3 is 6.18 Å². The number of fused-ring (bicyclic) bond motifs is 3. The lowest BCUT2D eigenvalue weighted by atomic mass is 10.0. The predicted octanol–water partition coefficient (Wildman–Crippen LogP) is 6.03. The fraction of sp³-hybridized carbons (Fsp3) is 0.138. The minimum Gasteiger partial charge on any atom is -0.497 e. The molecule has 39 heavy (non-hydrogen) atoms. The van der Waals surface area contributed by atoms with Gasteiger partial charge in [-0.3, -0.25) is 4.79 Å². The molecule has 0 spiro atoms. The number of H-pyrrole nitrogens is 1. The summed E-state index contributed by atoms with van der Waals surface area (Å²) in [5.74, 6) is 0.158. The van der Waals surface area contributed by atoms with Gasteiger partial charge in [0.25, 0.3) is 5.91 Å². The number of aromatic amines is 1. The summed E-state index contributed by atoms with van der Waals surface area (Å²) in [4.78, 5) is 20.8. The number of amides is 1. The molecule has 3 aromatic heterocycles. The SMILES string of the molecule is COc1ccc2[nH]cc(CCNC(=O)c3cnn4c(C(F)(F)F)cc(-c5cccc6ccccc56)nc34)c2c1. The number of benzene rings is 3. The Kier molecular flexibility index (Phi) is 5.94. The third kappa shape index (κ3) is 4.43. The third-order valence-corrected chi connectivity index (χ3v) is 6.73. The van der Waals surface area contributed by atoms with Crippen LogP contribution in [0.4, 0.5) is 13.2 Å². The summed E-state index contributed by atoms with van der Waals surface area (Å²) < 4.78 is 48.2. The second-order valence-electron chi connectivity index (χ2n) is 9.08. The molecule has 0 aliphatic rings. The van der Waals surface area contributed by atoms with E-state index in [1.165, 1.54) is 0 Å². The summed E-state index contributed by atoms with van der Waals surface area (Å²) in [6.07, 6.45) is -1.23. The van der Waals surface area contributed by atoms with E-state index in [4.69, 9.17) is 4.74 Å². The van der Waals surface area contributed by atoms with Gasteiger partial charge in [0.1, 0.15) is 11.3 Å². The number of halogens is 3. The van der Waals surface area contributed by atoms with E-state index in [2.05, 4.69) is 20.4 Å². The lowest BCUT2D eigenvalue weighted by Gasteiger charge is -2.13. The summed E-state index contributed by atoms with van der Waals surface area (Å²) in [7, 11) is 1.59. The lowest BCUT2D eigenvalue weighted by molar-refractivity contribution is -0.142. The zero-order chi connectivity index (χ0) is 27.1. The normalized spacial score (nSPS) is 11.9. The van der Waals surface area contributed by atoms with Gasteiger partial charge in [0, 0.05) is 29.2 Å². The van der Waals surface area contributed by atoms with E-state index in [1.807, 2.05) is 54.7 Å². The fourth-order valence-electron chi connectivity index (χ4n) is 4.81. The maximum Gasteiger partial charge on any atom is 0.433 e. The highest BCUT2D eigenvalue weighted by Gasteiger charge is 2.36. The molecule has 0 bridgehead atoms. The average molecular weight is 530 g/mol. The minimum absolute atomic E-state index is 0.0387. The molecule has 0 aliphatic carbocycles. The first kappa shape index (κ1) is 24.5. The average Bonchev–Trinajstić information content (AvgIpc) is 3.55. The highest BCUT2D eigenvalue weighted by atomic mass is 19.4. The van der Waals surface area contributed by atoms with Crippen LogP contribution in [0, 0.1) is 0 Å². The molecule has 0 atom stereocenters. The molecule has 0 aliphatic heterocycles. The summed E-state index contributed by atoms with van der Waals surface area (Å²) in [6, 6.07) is 19.4. The summed E-state index contributed by atoms with van der Waals surface area (Å²) >= 11 is 0. The number of nitrogens with zero attached hydrogens (tertiary/aromatic N) is 3. The van der Waals surface area contributed by atoms with Crippen molar-refractivity contribution in [1.82, 2.24) is 24.9 Å². The quantitative estimate of drug-likeness (QED) is 0.276. The van der Waals surface area contributed by atoms with Crippen molar-refractivity contribution in [2.45, 2.75) is 12.6 Å². The summed E-state index contributed by atoms with van der Waals surface area (Å²) in [5, 5.41) is 9.26. The number of rotatable bonds is 6. The van der Waals surface area contributed by atoms with Crippen LogP contribution in [0.5, 0.6) is 5.75 Å². The Labute approximate surface area is 220 Å². The Bertz CT molecular complexity index is 1850. The molecule has 0 fully saturated rings. The van der Waals surface area contributed by atoms with Gasteiger partial charge in [0.05, 0.1) is 19.0 Å². The highest BCUT2D eigenvalue weighted by molar-refractivity contribution is 6.01. The number of methoxy groups -OCH3 is 1. The van der Waals surface area contributed by atoms with Crippen LogP contribution in [0.25, 0.3) is 38.6 Å². The number of hydrogen-bond acceptors (Lipinski definition) is 4. The molecule has 3 aromatic carbocycles. The lowest BCUT2D eigenvalue weighted by Crippen LogP contribution is -2.26. The van der Waals surface area contributed by atoms with Crippen molar-refractivity contribution in [2.75, 3.05) is 13.7 Å². The van der Waals surface area contributed by atoms with Crippen molar-refractivity contribution in [1.29, 1.82) is 0 Å². The van der Waals surface area contributed by atoms with Gasteiger partial charge in [0.2, 0.25) is 0 Å². The van der Waals surface area contributed by atoms with E-state index in [-0.39, 0.29) is 23.4 Å². The monoisotopic (exact) mass is 529 g/mol. The molecule has 0 saturated heterocycles. The van der Waals surface area contributed by atoms with Crippen LogP contribution in [0.3, 0.4) is 0 Å². The van der Waals surface area contributed by atoms with Gasteiger partial charge in [-0.05, 0) is 47.0 Å². The fourth-order valence-corrected chi connectivity index (χ4v) is 4.81. The van der Waals surface area contributed by atoms with Gasteiger partial charge in [-0.2, -0.15) is 18.3 Å². The van der Waals surface area contributed by atoms with Gasteiger partial charge in [-0.15, -0.1) is 0 Å². The molecule has 0 saturated carbocycles. The van der Waals surface area contributed by atoms with Gasteiger partial charge in [0.15, 0.2) is 11.3 Å². The highest BCUT2D eigenvalue weighted by Crippen LogP contribution is 2.35. The van der Waals surface area contributed by atoms with E-state index in [1.54, 1.807) is 19.2 Å². The molecule has 0 unspecified atom stereocenters. The molecule has 3 heterocycles. The summed E-state index contributed by atoms with van der Waals surface area (Å²) in [5.41, 5.74) is 1.33. The molecule has 0 radical (unpaired) electrons. The number of carbonyl (C=O) groups excluding carboxylic acids is 1. The molecule has 6 aromatic rings. The number of hydrogen-bond donors (Lipinski definition) is 2. The van der Waals surface area contributed by atoms with Crippen LogP contribution < -0.4 is 10.1 Å². The number of carbonyl (C=O) groups is 1. The Morgan fingerprint density at radius 3 is 2.69 bits per heavy atom. The van der Waals surface area contributed by atoms with Crippen LogP contribution in [0.2, 0.25) is 0 Å². The first-order chi connectivity index (χ1) is 18.8. The molecule has 7 nitrogen and oxygen atoms in total. The Morgan fingerprint density at radius 1 is 1.05 bits per heavy atom. The van der Waals surface area contributed by atoms with Crippen LogP contribution in [0.1, 0.15) is 21.6 Å². The van der Waals surface area contributed by atoms with Crippen molar-refractivity contribution in [3.63, 3.8) is 0 Å². The third-order valence-electron chi connectivity index (χ3n) is 6.73. The largest absolute Gasteiger partial charge is 0.497 e.